The Balaban J connectivity index is 1.50. The van der Waals surface area contributed by atoms with E-state index < -0.39 is 16.8 Å². The molecule has 0 spiro atoms. The van der Waals surface area contributed by atoms with Gasteiger partial charge in [0, 0.05) is 13.3 Å². The van der Waals surface area contributed by atoms with Gasteiger partial charge in [-0.3, -0.25) is 19.6 Å². The summed E-state index contributed by atoms with van der Waals surface area (Å²) in [4.78, 5) is 39.3. The number of nitrogens with zero attached hydrogens (tertiary/aromatic N) is 4. The van der Waals surface area contributed by atoms with Crippen LogP contribution < -0.4 is 10.3 Å². The summed E-state index contributed by atoms with van der Waals surface area (Å²) in [5.41, 5.74) is 2.20. The number of benzene rings is 2. The molecule has 4 aromatic rings. The smallest absolute Gasteiger partial charge is 0.421 e. The number of para-hydroxylation sites is 1. The average Bonchev–Trinajstić information content (AvgIpc) is 3.39. The number of nitro groups is 1. The number of esters is 1. The quantitative estimate of drug-likeness (QED) is 0.145. The summed E-state index contributed by atoms with van der Waals surface area (Å²) in [6.07, 6.45) is 1.54. The topological polar surface area (TPSA) is 122 Å². The molecular formula is C23H18N4O6. The van der Waals surface area contributed by atoms with Crippen LogP contribution in [0, 0.1) is 17.0 Å². The third kappa shape index (κ3) is 4.35. The van der Waals surface area contributed by atoms with E-state index in [0.717, 1.165) is 11.8 Å². The van der Waals surface area contributed by atoms with Crippen LogP contribution >= 0.6 is 0 Å². The molecule has 0 amide bonds. The van der Waals surface area contributed by atoms with Gasteiger partial charge in [0.1, 0.15) is 10.7 Å². The van der Waals surface area contributed by atoms with E-state index in [9.17, 15) is 19.7 Å². The SMILES string of the molecule is Cc1c(N=Cc2ccc(OC(=O)c3ccc([N+](=O)[O-])o3)cc2)c(=O)n(-c2ccccc2)n1C. The molecule has 10 nitrogen and oxygen atoms in total. The Morgan fingerprint density at radius 3 is 2.42 bits per heavy atom. The zero-order valence-electron chi connectivity index (χ0n) is 17.7. The van der Waals surface area contributed by atoms with Gasteiger partial charge >= 0.3 is 11.9 Å². The summed E-state index contributed by atoms with van der Waals surface area (Å²) in [6, 6.07) is 17.9. The number of hydrogen-bond acceptors (Lipinski definition) is 7. The largest absolute Gasteiger partial charge is 0.433 e. The standard InChI is InChI=1S/C23H18N4O6/c1-15-21(22(28)26(25(15)2)17-6-4-3-5-7-17)24-14-16-8-10-18(11-9-16)32-23(29)19-12-13-20(33-19)27(30)31/h3-14H,1-2H3. The van der Waals surface area contributed by atoms with Gasteiger partial charge < -0.3 is 9.15 Å². The van der Waals surface area contributed by atoms with E-state index in [1.165, 1.54) is 18.2 Å². The van der Waals surface area contributed by atoms with Gasteiger partial charge in [-0.1, -0.05) is 18.2 Å². The molecule has 2 aromatic carbocycles. The van der Waals surface area contributed by atoms with E-state index in [2.05, 4.69) is 4.99 Å². The number of carbonyl (C=O) groups excluding carboxylic acids is 1. The lowest BCUT2D eigenvalue weighted by atomic mass is 10.2. The van der Waals surface area contributed by atoms with Gasteiger partial charge in [0.15, 0.2) is 5.69 Å². The second kappa shape index (κ2) is 8.79. The molecule has 0 saturated carbocycles. The fraction of sp³-hybridized carbons (Fsp3) is 0.0870. The van der Waals surface area contributed by atoms with Crippen molar-refractivity contribution in [3.05, 3.63) is 104 Å². The fourth-order valence-corrected chi connectivity index (χ4v) is 3.16. The van der Waals surface area contributed by atoms with Gasteiger partial charge in [0.25, 0.3) is 5.56 Å². The van der Waals surface area contributed by atoms with Crippen molar-refractivity contribution in [2.75, 3.05) is 0 Å². The molecule has 0 saturated heterocycles. The Labute approximate surface area is 187 Å². The van der Waals surface area contributed by atoms with Crippen molar-refractivity contribution >= 4 is 23.8 Å². The van der Waals surface area contributed by atoms with Crippen molar-refractivity contribution < 1.29 is 18.9 Å². The monoisotopic (exact) mass is 446 g/mol. The molecule has 0 bridgehead atoms. The van der Waals surface area contributed by atoms with Crippen LogP contribution in [-0.2, 0) is 7.05 Å². The summed E-state index contributed by atoms with van der Waals surface area (Å²) in [5, 5.41) is 10.7. The maximum atomic E-state index is 12.9. The van der Waals surface area contributed by atoms with Gasteiger partial charge in [0.2, 0.25) is 5.76 Å². The van der Waals surface area contributed by atoms with Crippen LogP contribution in [0.1, 0.15) is 21.8 Å². The van der Waals surface area contributed by atoms with Crippen molar-refractivity contribution in [1.29, 1.82) is 0 Å². The summed E-state index contributed by atoms with van der Waals surface area (Å²) >= 11 is 0. The van der Waals surface area contributed by atoms with E-state index in [4.69, 9.17) is 9.15 Å². The number of rotatable bonds is 6. The molecule has 2 aromatic heterocycles. The predicted octanol–water partition coefficient (Wildman–Crippen LogP) is 3.96. The highest BCUT2D eigenvalue weighted by atomic mass is 16.7. The number of hydrogen-bond donors (Lipinski definition) is 0. The predicted molar refractivity (Wildman–Crippen MR) is 120 cm³/mol. The molecule has 0 aliphatic rings. The van der Waals surface area contributed by atoms with Gasteiger partial charge in [-0.25, -0.2) is 14.5 Å². The Hall–Kier alpha value is -4.73. The summed E-state index contributed by atoms with van der Waals surface area (Å²) < 4.78 is 13.3. The van der Waals surface area contributed by atoms with Crippen LogP contribution in [0.3, 0.4) is 0 Å². The lowest BCUT2D eigenvalue weighted by Gasteiger charge is -2.07. The van der Waals surface area contributed by atoms with E-state index in [1.807, 2.05) is 37.3 Å². The zero-order chi connectivity index (χ0) is 23.5. The van der Waals surface area contributed by atoms with Crippen molar-refractivity contribution in [2.24, 2.45) is 12.0 Å². The Morgan fingerprint density at radius 2 is 1.79 bits per heavy atom. The molecule has 10 heteroatoms. The second-order valence-corrected chi connectivity index (χ2v) is 7.02. The Morgan fingerprint density at radius 1 is 1.09 bits per heavy atom. The van der Waals surface area contributed by atoms with Crippen LogP contribution in [0.25, 0.3) is 5.69 Å². The fourth-order valence-electron chi connectivity index (χ4n) is 3.16. The number of aliphatic imine (C=N–C) groups is 1. The molecule has 4 rings (SSSR count). The molecule has 0 N–H and O–H groups in total. The molecule has 2 heterocycles. The molecule has 0 aliphatic carbocycles. The first kappa shape index (κ1) is 21.5. The van der Waals surface area contributed by atoms with Crippen LogP contribution in [0.2, 0.25) is 0 Å². The van der Waals surface area contributed by atoms with Crippen molar-refractivity contribution in [1.82, 2.24) is 9.36 Å². The van der Waals surface area contributed by atoms with E-state index in [0.29, 0.717) is 16.9 Å². The third-order valence-electron chi connectivity index (χ3n) is 4.93. The van der Waals surface area contributed by atoms with Crippen molar-refractivity contribution in [2.45, 2.75) is 6.92 Å². The summed E-state index contributed by atoms with van der Waals surface area (Å²) in [5.74, 6) is -1.46. The van der Waals surface area contributed by atoms with Gasteiger partial charge in [-0.15, -0.1) is 0 Å². The Bertz CT molecular complexity index is 1410. The highest BCUT2D eigenvalue weighted by molar-refractivity contribution is 5.88. The maximum Gasteiger partial charge on any atom is 0.433 e. The van der Waals surface area contributed by atoms with E-state index in [-0.39, 0.29) is 17.1 Å². The summed E-state index contributed by atoms with van der Waals surface area (Å²) in [7, 11) is 1.79. The molecule has 0 fully saturated rings. The highest BCUT2D eigenvalue weighted by Crippen LogP contribution is 2.20. The molecule has 33 heavy (non-hydrogen) atoms. The third-order valence-corrected chi connectivity index (χ3v) is 4.93. The van der Waals surface area contributed by atoms with Crippen LogP contribution in [0.15, 0.2) is 80.9 Å². The average molecular weight is 446 g/mol. The number of carbonyl (C=O) groups is 1. The molecule has 0 radical (unpaired) electrons. The van der Waals surface area contributed by atoms with Crippen molar-refractivity contribution in [3.8, 4) is 11.4 Å². The van der Waals surface area contributed by atoms with Gasteiger partial charge in [0.05, 0.1) is 17.4 Å². The minimum atomic E-state index is -0.856. The van der Waals surface area contributed by atoms with E-state index in [1.54, 1.807) is 34.8 Å². The number of ether oxygens (including phenoxy) is 1. The number of furan rings is 1. The van der Waals surface area contributed by atoms with Crippen LogP contribution in [0.4, 0.5) is 11.6 Å². The van der Waals surface area contributed by atoms with Crippen LogP contribution in [0.5, 0.6) is 5.75 Å². The van der Waals surface area contributed by atoms with Gasteiger partial charge in [-0.05, 0) is 55.0 Å². The Kier molecular flexibility index (Phi) is 5.73. The maximum absolute atomic E-state index is 12.9. The molecule has 0 aliphatic heterocycles. The van der Waals surface area contributed by atoms with E-state index >= 15 is 0 Å². The first-order valence-corrected chi connectivity index (χ1v) is 9.79. The minimum Gasteiger partial charge on any atom is -0.421 e. The lowest BCUT2D eigenvalue weighted by molar-refractivity contribution is -0.402. The lowest BCUT2D eigenvalue weighted by Crippen LogP contribution is -2.19. The second-order valence-electron chi connectivity index (χ2n) is 7.02. The molecule has 0 atom stereocenters. The zero-order valence-corrected chi connectivity index (χ0v) is 17.7. The molecule has 0 unspecified atom stereocenters. The highest BCUT2D eigenvalue weighted by Gasteiger charge is 2.19. The molecular weight excluding hydrogens is 428 g/mol. The van der Waals surface area contributed by atoms with Crippen molar-refractivity contribution in [3.63, 3.8) is 0 Å². The first-order valence-electron chi connectivity index (χ1n) is 9.79. The number of aromatic nitrogens is 2. The van der Waals surface area contributed by atoms with Crippen LogP contribution in [-0.4, -0.2) is 26.5 Å². The minimum absolute atomic E-state index is 0.221. The summed E-state index contributed by atoms with van der Waals surface area (Å²) in [6.45, 7) is 1.81. The molecule has 166 valence electrons. The normalized spacial score (nSPS) is 11.1. The first-order chi connectivity index (χ1) is 15.8. The van der Waals surface area contributed by atoms with Gasteiger partial charge in [-0.2, -0.15) is 0 Å².